The Morgan fingerprint density at radius 1 is 1.18 bits per heavy atom. The normalized spacial score (nSPS) is 23.6. The van der Waals surface area contributed by atoms with Gasteiger partial charge in [-0.2, -0.15) is 0 Å². The Labute approximate surface area is 102 Å². The van der Waals surface area contributed by atoms with E-state index in [1.807, 2.05) is 12.1 Å². The maximum Gasteiger partial charge on any atom is 0.126 e. The van der Waals surface area contributed by atoms with Gasteiger partial charge in [-0.3, -0.25) is 0 Å². The summed E-state index contributed by atoms with van der Waals surface area (Å²) in [5.74, 6) is 0.778. The Morgan fingerprint density at radius 2 is 1.88 bits per heavy atom. The Morgan fingerprint density at radius 3 is 2.47 bits per heavy atom. The van der Waals surface area contributed by atoms with Crippen molar-refractivity contribution in [2.75, 3.05) is 13.1 Å². The summed E-state index contributed by atoms with van der Waals surface area (Å²) in [5.41, 5.74) is 1.25. The second kappa shape index (κ2) is 4.41. The van der Waals surface area contributed by atoms with Gasteiger partial charge in [-0.1, -0.05) is 31.0 Å². The highest BCUT2D eigenvalue weighted by Gasteiger charge is 2.44. The molecule has 1 saturated carbocycles. The van der Waals surface area contributed by atoms with E-state index >= 15 is 0 Å². The van der Waals surface area contributed by atoms with Gasteiger partial charge in [-0.15, -0.1) is 0 Å². The van der Waals surface area contributed by atoms with Crippen molar-refractivity contribution >= 4 is 0 Å². The zero-order chi connectivity index (χ0) is 11.7. The number of benzene rings is 1. The number of hydrogen-bond acceptors (Lipinski definition) is 1. The molecule has 0 bridgehead atoms. The molecular weight excluding hydrogens is 213 g/mol. The van der Waals surface area contributed by atoms with E-state index < -0.39 is 0 Å². The Bertz CT molecular complexity index is 392. The van der Waals surface area contributed by atoms with E-state index in [4.69, 9.17) is 0 Å². The summed E-state index contributed by atoms with van der Waals surface area (Å²) in [6, 6.07) is 7.26. The molecular formula is C15H20FN. The summed E-state index contributed by atoms with van der Waals surface area (Å²) < 4.78 is 13.7. The summed E-state index contributed by atoms with van der Waals surface area (Å²) in [5, 5.41) is 3.40. The lowest BCUT2D eigenvalue weighted by Crippen LogP contribution is -2.58. The van der Waals surface area contributed by atoms with Crippen LogP contribution < -0.4 is 5.32 Å². The summed E-state index contributed by atoms with van der Waals surface area (Å²) in [4.78, 5) is 0. The molecule has 1 aliphatic heterocycles. The van der Waals surface area contributed by atoms with E-state index in [-0.39, 0.29) is 5.82 Å². The third kappa shape index (κ3) is 1.99. The molecule has 0 atom stereocenters. The van der Waals surface area contributed by atoms with Gasteiger partial charge >= 0.3 is 0 Å². The number of nitrogens with one attached hydrogen (secondary N) is 1. The molecule has 2 fully saturated rings. The van der Waals surface area contributed by atoms with Crippen molar-refractivity contribution in [1.29, 1.82) is 0 Å². The lowest BCUT2D eigenvalue weighted by molar-refractivity contribution is 0.0801. The van der Waals surface area contributed by atoms with Gasteiger partial charge in [-0.25, -0.2) is 4.39 Å². The largest absolute Gasteiger partial charge is 0.315 e. The van der Waals surface area contributed by atoms with Crippen LogP contribution in [0, 0.1) is 17.2 Å². The SMILES string of the molecule is Fc1ccccc1CC1(C2CCCC2)CNC1. The summed E-state index contributed by atoms with van der Waals surface area (Å²) in [7, 11) is 0. The highest BCUT2D eigenvalue weighted by Crippen LogP contribution is 2.45. The van der Waals surface area contributed by atoms with Crippen LogP contribution in [-0.2, 0) is 6.42 Å². The van der Waals surface area contributed by atoms with E-state index in [9.17, 15) is 4.39 Å². The van der Waals surface area contributed by atoms with E-state index in [1.165, 1.54) is 25.7 Å². The third-order valence-corrected chi connectivity index (χ3v) is 4.68. The first-order valence-corrected chi connectivity index (χ1v) is 6.74. The molecule has 0 spiro atoms. The maximum absolute atomic E-state index is 13.7. The van der Waals surface area contributed by atoms with Crippen molar-refractivity contribution in [3.05, 3.63) is 35.6 Å². The Balaban J connectivity index is 1.80. The molecule has 1 saturated heterocycles. The predicted octanol–water partition coefficient (Wildman–Crippen LogP) is 3.15. The van der Waals surface area contributed by atoms with Crippen LogP contribution in [-0.4, -0.2) is 13.1 Å². The van der Waals surface area contributed by atoms with E-state index in [2.05, 4.69) is 5.32 Å². The summed E-state index contributed by atoms with van der Waals surface area (Å²) in [6.07, 6.45) is 6.33. The number of hydrogen-bond donors (Lipinski definition) is 1. The zero-order valence-corrected chi connectivity index (χ0v) is 10.2. The highest BCUT2D eigenvalue weighted by molar-refractivity contribution is 5.21. The van der Waals surface area contributed by atoms with Crippen LogP contribution >= 0.6 is 0 Å². The third-order valence-electron chi connectivity index (χ3n) is 4.68. The zero-order valence-electron chi connectivity index (χ0n) is 10.2. The van der Waals surface area contributed by atoms with Gasteiger partial charge in [-0.05, 0) is 36.8 Å². The Kier molecular flexibility index (Phi) is 2.91. The molecule has 1 N–H and O–H groups in total. The molecule has 3 rings (SSSR count). The number of halogens is 1. The van der Waals surface area contributed by atoms with Gasteiger partial charge in [0.2, 0.25) is 0 Å². The van der Waals surface area contributed by atoms with Crippen LogP contribution in [0.15, 0.2) is 24.3 Å². The minimum atomic E-state index is -0.0308. The van der Waals surface area contributed by atoms with Gasteiger partial charge < -0.3 is 5.32 Å². The molecule has 1 aromatic carbocycles. The van der Waals surface area contributed by atoms with Crippen LogP contribution in [0.4, 0.5) is 4.39 Å². The van der Waals surface area contributed by atoms with Gasteiger partial charge in [0.05, 0.1) is 0 Å². The fourth-order valence-corrected chi connectivity index (χ4v) is 3.56. The molecule has 1 heterocycles. The second-order valence-corrected chi connectivity index (χ2v) is 5.72. The van der Waals surface area contributed by atoms with Crippen molar-refractivity contribution in [1.82, 2.24) is 5.32 Å². The lowest BCUT2D eigenvalue weighted by Gasteiger charge is -2.47. The first-order valence-electron chi connectivity index (χ1n) is 6.74. The van der Waals surface area contributed by atoms with E-state index in [1.54, 1.807) is 12.1 Å². The highest BCUT2D eigenvalue weighted by atomic mass is 19.1. The molecule has 0 unspecified atom stereocenters. The molecule has 17 heavy (non-hydrogen) atoms. The summed E-state index contributed by atoms with van der Waals surface area (Å²) >= 11 is 0. The van der Waals surface area contributed by atoms with Crippen LogP contribution in [0.25, 0.3) is 0 Å². The molecule has 0 aromatic heterocycles. The molecule has 1 nitrogen and oxygen atoms in total. The lowest BCUT2D eigenvalue weighted by atomic mass is 9.66. The van der Waals surface area contributed by atoms with Gasteiger partial charge in [0.1, 0.15) is 5.82 Å². The minimum Gasteiger partial charge on any atom is -0.315 e. The van der Waals surface area contributed by atoms with Crippen molar-refractivity contribution in [3.63, 3.8) is 0 Å². The quantitative estimate of drug-likeness (QED) is 0.845. The van der Waals surface area contributed by atoms with Crippen LogP contribution in [0.3, 0.4) is 0 Å². The fraction of sp³-hybridized carbons (Fsp3) is 0.600. The molecule has 92 valence electrons. The minimum absolute atomic E-state index is 0.0308. The number of rotatable bonds is 3. The summed E-state index contributed by atoms with van der Waals surface area (Å²) in [6.45, 7) is 2.15. The molecule has 0 amide bonds. The van der Waals surface area contributed by atoms with Gasteiger partial charge in [0, 0.05) is 18.5 Å². The first kappa shape index (κ1) is 11.2. The smallest absolute Gasteiger partial charge is 0.126 e. The van der Waals surface area contributed by atoms with E-state index in [0.29, 0.717) is 5.41 Å². The molecule has 2 aliphatic rings. The molecule has 0 radical (unpaired) electrons. The fourth-order valence-electron chi connectivity index (χ4n) is 3.56. The van der Waals surface area contributed by atoms with Crippen molar-refractivity contribution in [3.8, 4) is 0 Å². The second-order valence-electron chi connectivity index (χ2n) is 5.72. The van der Waals surface area contributed by atoms with Crippen LogP contribution in [0.1, 0.15) is 31.2 Å². The van der Waals surface area contributed by atoms with Crippen molar-refractivity contribution in [2.24, 2.45) is 11.3 Å². The van der Waals surface area contributed by atoms with E-state index in [0.717, 1.165) is 31.0 Å². The van der Waals surface area contributed by atoms with Gasteiger partial charge in [0.15, 0.2) is 0 Å². The molecule has 1 aromatic rings. The topological polar surface area (TPSA) is 12.0 Å². The monoisotopic (exact) mass is 233 g/mol. The maximum atomic E-state index is 13.7. The molecule has 1 aliphatic carbocycles. The molecule has 2 heteroatoms. The Hall–Kier alpha value is -0.890. The van der Waals surface area contributed by atoms with Crippen molar-refractivity contribution in [2.45, 2.75) is 32.1 Å². The first-order chi connectivity index (χ1) is 8.30. The predicted molar refractivity (Wildman–Crippen MR) is 67.4 cm³/mol. The van der Waals surface area contributed by atoms with Crippen LogP contribution in [0.2, 0.25) is 0 Å². The van der Waals surface area contributed by atoms with Crippen molar-refractivity contribution < 1.29 is 4.39 Å². The van der Waals surface area contributed by atoms with Crippen LogP contribution in [0.5, 0.6) is 0 Å². The van der Waals surface area contributed by atoms with Gasteiger partial charge in [0.25, 0.3) is 0 Å². The standard InChI is InChI=1S/C15H20FN/c16-14-8-4-1-5-12(14)9-15(10-17-11-15)13-6-2-3-7-13/h1,4-5,8,13,17H,2-3,6-7,9-11H2. The average molecular weight is 233 g/mol. The average Bonchev–Trinajstić information content (AvgIpc) is 2.79.